The van der Waals surface area contributed by atoms with Crippen LogP contribution in [0.2, 0.25) is 5.02 Å². The summed E-state index contributed by atoms with van der Waals surface area (Å²) < 4.78 is 13.4. The molecule has 0 bridgehead atoms. The number of nitrogens with zero attached hydrogens (tertiary/aromatic N) is 2. The van der Waals surface area contributed by atoms with E-state index in [2.05, 4.69) is 0 Å². The SMILES string of the molecule is COc1ccc(Cn2c(C)cc(OCc3ccccc3CN3C(=O)c4ccccc4C3=O)c(I)c2=O)cc1Cl.O=C([O-])[O-].[K+].[K+]. The van der Waals surface area contributed by atoms with E-state index in [4.69, 9.17) is 36.1 Å². The summed E-state index contributed by atoms with van der Waals surface area (Å²) in [5, 5.41) is 17.1. The van der Waals surface area contributed by atoms with Crippen LogP contribution in [0.15, 0.2) is 77.6 Å². The molecule has 0 atom stereocenters. The minimum Gasteiger partial charge on any atom is -0.652 e. The number of ether oxygens (including phenoxy) is 2. The number of benzene rings is 3. The van der Waals surface area contributed by atoms with Gasteiger partial charge in [0.25, 0.3) is 17.4 Å². The third-order valence-corrected chi connectivity index (χ3v) is 7.97. The summed E-state index contributed by atoms with van der Waals surface area (Å²) in [5.74, 6) is 0.431. The molecule has 0 radical (unpaired) electrons. The molecule has 222 valence electrons. The van der Waals surface area contributed by atoms with Gasteiger partial charge in [0.2, 0.25) is 0 Å². The van der Waals surface area contributed by atoms with Crippen LogP contribution in [0.5, 0.6) is 11.5 Å². The van der Waals surface area contributed by atoms with Crippen molar-refractivity contribution in [2.24, 2.45) is 0 Å². The van der Waals surface area contributed by atoms with Crippen LogP contribution in [0.25, 0.3) is 0 Å². The van der Waals surface area contributed by atoms with Crippen molar-refractivity contribution in [3.63, 3.8) is 0 Å². The normalized spacial score (nSPS) is 11.4. The van der Waals surface area contributed by atoms with Crippen molar-refractivity contribution < 1.29 is 137 Å². The van der Waals surface area contributed by atoms with E-state index in [0.717, 1.165) is 22.4 Å². The van der Waals surface area contributed by atoms with Gasteiger partial charge in [0.15, 0.2) is 0 Å². The zero-order chi connectivity index (χ0) is 31.3. The molecule has 45 heavy (non-hydrogen) atoms. The number of amides is 2. The van der Waals surface area contributed by atoms with E-state index in [1.807, 2.05) is 65.9 Å². The summed E-state index contributed by atoms with van der Waals surface area (Å²) in [6, 6.07) is 21.6. The first kappa shape index (κ1) is 40.1. The van der Waals surface area contributed by atoms with Gasteiger partial charge in [-0.15, -0.1) is 0 Å². The molecule has 0 saturated carbocycles. The standard InChI is InChI=1S/C30H24ClIN2O5.CH2O3.2K/c1-18-13-26(27(32)30(37)33(18)15-19-11-12-25(38-2)24(31)14-19)39-17-21-8-4-3-7-20(21)16-34-28(35)22-9-5-6-10-23(22)29(34)36;2-1(3)4;;/h3-14H,15-17H2,1-2H3;(H2,2,3,4);;/q;;2*+1/p-2. The van der Waals surface area contributed by atoms with Crippen molar-refractivity contribution in [1.29, 1.82) is 0 Å². The number of carboxylic acid groups (broad SMARTS) is 2. The quantitative estimate of drug-likeness (QED) is 0.108. The number of hydrogen-bond donors (Lipinski definition) is 0. The van der Waals surface area contributed by atoms with E-state index in [1.54, 1.807) is 48.1 Å². The summed E-state index contributed by atoms with van der Waals surface area (Å²) in [6.07, 6.45) is -2.33. The predicted molar refractivity (Wildman–Crippen MR) is 162 cm³/mol. The van der Waals surface area contributed by atoms with Crippen molar-refractivity contribution in [3.05, 3.63) is 125 Å². The maximum atomic E-state index is 13.2. The van der Waals surface area contributed by atoms with Crippen LogP contribution in [-0.2, 0) is 19.7 Å². The molecule has 14 heteroatoms. The number of rotatable bonds is 8. The number of methoxy groups -OCH3 is 1. The van der Waals surface area contributed by atoms with Crippen LogP contribution < -0.4 is 128 Å². The van der Waals surface area contributed by atoms with Crippen LogP contribution in [0.3, 0.4) is 0 Å². The molecule has 1 aliphatic rings. The Hall–Kier alpha value is -1.09. The number of aromatic nitrogens is 1. The Balaban J connectivity index is 0.00000111. The molecule has 2 heterocycles. The van der Waals surface area contributed by atoms with Crippen LogP contribution in [0.1, 0.15) is 43.1 Å². The number of carbonyl (C=O) groups excluding carboxylic acids is 3. The molecule has 4 aromatic rings. The van der Waals surface area contributed by atoms with Gasteiger partial charge in [-0.3, -0.25) is 19.3 Å². The zero-order valence-electron chi connectivity index (χ0n) is 25.0. The van der Waals surface area contributed by atoms with Crippen molar-refractivity contribution in [1.82, 2.24) is 9.47 Å². The molecule has 0 fully saturated rings. The third kappa shape index (κ3) is 9.96. The van der Waals surface area contributed by atoms with Gasteiger partial charge >= 0.3 is 103 Å². The van der Waals surface area contributed by atoms with Crippen molar-refractivity contribution >= 4 is 52.2 Å². The number of carbonyl (C=O) groups is 3. The molecular weight excluding hydrogens is 769 g/mol. The molecule has 1 aromatic heterocycles. The van der Waals surface area contributed by atoms with Gasteiger partial charge in [0.1, 0.15) is 21.7 Å². The maximum Gasteiger partial charge on any atom is 1.00 e. The van der Waals surface area contributed by atoms with Crippen LogP contribution in [-0.4, -0.2) is 34.5 Å². The Morgan fingerprint density at radius 1 is 0.844 bits per heavy atom. The molecule has 0 spiro atoms. The minimum absolute atomic E-state index is 0. The predicted octanol–water partition coefficient (Wildman–Crippen LogP) is -2.59. The Morgan fingerprint density at radius 2 is 1.40 bits per heavy atom. The van der Waals surface area contributed by atoms with E-state index in [1.165, 1.54) is 4.90 Å². The molecular formula is C31H24ClIK2N2O8. The molecule has 1 aliphatic heterocycles. The average molecular weight is 793 g/mol. The summed E-state index contributed by atoms with van der Waals surface area (Å²) in [4.78, 5) is 48.5. The zero-order valence-corrected chi connectivity index (χ0v) is 34.1. The van der Waals surface area contributed by atoms with E-state index < -0.39 is 6.16 Å². The molecule has 10 nitrogen and oxygen atoms in total. The Kier molecular flexibility index (Phi) is 16.4. The largest absolute Gasteiger partial charge is 1.00 e. The second-order valence-electron chi connectivity index (χ2n) is 9.37. The van der Waals surface area contributed by atoms with Gasteiger partial charge in [0.05, 0.1) is 36.3 Å². The van der Waals surface area contributed by atoms with E-state index in [9.17, 15) is 14.4 Å². The van der Waals surface area contributed by atoms with Crippen molar-refractivity contribution in [2.45, 2.75) is 26.6 Å². The Labute approximate surface area is 363 Å². The molecule has 3 aromatic carbocycles. The van der Waals surface area contributed by atoms with Crippen molar-refractivity contribution in [3.8, 4) is 11.5 Å². The molecule has 2 amide bonds. The first-order valence-corrected chi connectivity index (χ1v) is 14.2. The Morgan fingerprint density at radius 3 is 1.96 bits per heavy atom. The van der Waals surface area contributed by atoms with Gasteiger partial charge in [0, 0.05) is 11.8 Å². The summed E-state index contributed by atoms with van der Waals surface area (Å²) in [7, 11) is 1.56. The van der Waals surface area contributed by atoms with Gasteiger partial charge in [-0.05, 0) is 76.6 Å². The topological polar surface area (TPSA) is 141 Å². The van der Waals surface area contributed by atoms with Crippen LogP contribution in [0.4, 0.5) is 4.79 Å². The second-order valence-corrected chi connectivity index (χ2v) is 10.9. The Bertz CT molecular complexity index is 1740. The van der Waals surface area contributed by atoms with E-state index >= 15 is 0 Å². The third-order valence-electron chi connectivity index (χ3n) is 6.68. The molecule has 0 saturated heterocycles. The molecule has 0 aliphatic carbocycles. The average Bonchev–Trinajstić information content (AvgIpc) is 3.22. The van der Waals surface area contributed by atoms with E-state index in [0.29, 0.717) is 37.8 Å². The van der Waals surface area contributed by atoms with E-state index in [-0.39, 0.29) is 133 Å². The monoisotopic (exact) mass is 792 g/mol. The van der Waals surface area contributed by atoms with Crippen molar-refractivity contribution in [2.75, 3.05) is 7.11 Å². The summed E-state index contributed by atoms with van der Waals surface area (Å²) in [6.45, 7) is 2.51. The number of halogens is 2. The van der Waals surface area contributed by atoms with Crippen LogP contribution in [0, 0.1) is 10.5 Å². The smallest absolute Gasteiger partial charge is 0.652 e. The molecule has 0 N–H and O–H groups in total. The van der Waals surface area contributed by atoms with Gasteiger partial charge < -0.3 is 29.0 Å². The maximum absolute atomic E-state index is 13.2. The molecule has 0 unspecified atom stereocenters. The summed E-state index contributed by atoms with van der Waals surface area (Å²) in [5.41, 5.74) is 3.89. The number of pyridine rings is 1. The fourth-order valence-corrected chi connectivity index (χ4v) is 5.45. The minimum atomic E-state index is -2.33. The number of fused-ring (bicyclic) bond motifs is 1. The fourth-order valence-electron chi connectivity index (χ4n) is 4.57. The fraction of sp³-hybridized carbons (Fsp3) is 0.161. The second kappa shape index (κ2) is 18.5. The number of imide groups is 1. The van der Waals surface area contributed by atoms with Gasteiger partial charge in [-0.1, -0.05) is 54.1 Å². The van der Waals surface area contributed by atoms with Crippen LogP contribution >= 0.6 is 34.2 Å². The molecule has 5 rings (SSSR count). The van der Waals surface area contributed by atoms with Gasteiger partial charge in [-0.2, -0.15) is 0 Å². The first-order valence-electron chi connectivity index (χ1n) is 12.8. The first-order chi connectivity index (χ1) is 20.5. The summed E-state index contributed by atoms with van der Waals surface area (Å²) >= 11 is 8.27. The number of aryl methyl sites for hydroxylation is 1. The van der Waals surface area contributed by atoms with Gasteiger partial charge in [-0.25, -0.2) is 0 Å². The number of hydrogen-bond acceptors (Lipinski definition) is 8.